The van der Waals surface area contributed by atoms with Crippen LogP contribution in [0.1, 0.15) is 45.4 Å². The van der Waals surface area contributed by atoms with E-state index >= 15 is 0 Å². The van der Waals surface area contributed by atoms with E-state index in [0.717, 1.165) is 42.7 Å². The summed E-state index contributed by atoms with van der Waals surface area (Å²) in [6.45, 7) is 8.87. The number of amides is 1. The second-order valence-corrected chi connectivity index (χ2v) is 8.17. The Morgan fingerprint density at radius 2 is 2.00 bits per heavy atom. The molecule has 1 aromatic heterocycles. The molecule has 0 spiro atoms. The number of benzene rings is 1. The second-order valence-electron chi connectivity index (χ2n) is 8.17. The van der Waals surface area contributed by atoms with Crippen LogP contribution in [0.4, 0.5) is 0 Å². The van der Waals surface area contributed by atoms with Crippen molar-refractivity contribution in [3.8, 4) is 0 Å². The van der Waals surface area contributed by atoms with Gasteiger partial charge in [-0.25, -0.2) is 0 Å². The number of nitrogens with zero attached hydrogens (tertiary/aromatic N) is 1. The Morgan fingerprint density at radius 3 is 2.60 bits per heavy atom. The predicted molar refractivity (Wildman–Crippen MR) is 100 cm³/mol. The lowest BCUT2D eigenvalue weighted by atomic mass is 9.84. The van der Waals surface area contributed by atoms with Crippen LogP contribution in [0, 0.1) is 5.41 Å². The molecular weight excluding hydrogens is 314 g/mol. The number of nitrogens with one attached hydrogen (secondary N) is 1. The van der Waals surface area contributed by atoms with Crippen LogP contribution in [0.15, 0.2) is 34.7 Å². The van der Waals surface area contributed by atoms with Crippen LogP contribution in [0.3, 0.4) is 0 Å². The van der Waals surface area contributed by atoms with E-state index < -0.39 is 0 Å². The maximum Gasteiger partial charge on any atom is 0.231 e. The molecule has 3 rings (SSSR count). The summed E-state index contributed by atoms with van der Waals surface area (Å²) < 4.78 is 6.14. The molecule has 0 unspecified atom stereocenters. The van der Waals surface area contributed by atoms with Crippen molar-refractivity contribution >= 4 is 16.9 Å². The lowest BCUT2D eigenvalue weighted by Crippen LogP contribution is -2.47. The first-order valence-electron chi connectivity index (χ1n) is 9.08. The molecule has 2 heterocycles. The lowest BCUT2D eigenvalue weighted by Gasteiger charge is -2.37. The summed E-state index contributed by atoms with van der Waals surface area (Å²) in [5.74, 6) is 0.745. The quantitative estimate of drug-likeness (QED) is 0.875. The molecule has 1 aromatic carbocycles. The van der Waals surface area contributed by atoms with Gasteiger partial charge < -0.3 is 15.5 Å². The van der Waals surface area contributed by atoms with Crippen LogP contribution in [0.5, 0.6) is 0 Å². The fraction of sp³-hybridized carbons (Fsp3) is 0.550. The van der Waals surface area contributed by atoms with Gasteiger partial charge in [0.05, 0.1) is 12.6 Å². The number of primary amides is 1. The number of nitrogens with two attached hydrogens (primary N) is 1. The molecule has 1 aliphatic heterocycles. The van der Waals surface area contributed by atoms with Gasteiger partial charge in [-0.2, -0.15) is 0 Å². The SMILES string of the molecule is CC(C)(C)[C@H](NC1CCN(CC(N)=O)CC1)c1cc2ccccc2o1. The first kappa shape index (κ1) is 18.0. The van der Waals surface area contributed by atoms with E-state index in [9.17, 15) is 4.79 Å². The molecule has 136 valence electrons. The van der Waals surface area contributed by atoms with Crippen LogP contribution in [0.25, 0.3) is 11.0 Å². The average molecular weight is 343 g/mol. The van der Waals surface area contributed by atoms with E-state index in [1.54, 1.807) is 0 Å². The summed E-state index contributed by atoms with van der Waals surface area (Å²) in [6, 6.07) is 10.9. The largest absolute Gasteiger partial charge is 0.459 e. The first-order chi connectivity index (χ1) is 11.8. The van der Waals surface area contributed by atoms with Crippen molar-refractivity contribution in [1.82, 2.24) is 10.2 Å². The number of carbonyl (C=O) groups excluding carboxylic acids is 1. The third-order valence-corrected chi connectivity index (χ3v) is 4.96. The minimum atomic E-state index is -0.249. The summed E-state index contributed by atoms with van der Waals surface area (Å²) >= 11 is 0. The Kier molecular flexibility index (Phi) is 5.16. The van der Waals surface area contributed by atoms with Crippen LogP contribution in [0.2, 0.25) is 0 Å². The predicted octanol–water partition coefficient (Wildman–Crippen LogP) is 3.06. The molecule has 5 heteroatoms. The topological polar surface area (TPSA) is 71.5 Å². The normalized spacial score (nSPS) is 18.5. The zero-order valence-corrected chi connectivity index (χ0v) is 15.4. The van der Waals surface area contributed by atoms with Gasteiger partial charge in [-0.1, -0.05) is 39.0 Å². The van der Waals surface area contributed by atoms with E-state index in [1.807, 2.05) is 18.2 Å². The molecule has 1 aliphatic rings. The molecule has 25 heavy (non-hydrogen) atoms. The summed E-state index contributed by atoms with van der Waals surface area (Å²) in [7, 11) is 0. The highest BCUT2D eigenvalue weighted by Gasteiger charge is 2.32. The summed E-state index contributed by atoms with van der Waals surface area (Å²) in [5, 5.41) is 4.95. The number of furan rings is 1. The number of piperidine rings is 1. The van der Waals surface area contributed by atoms with E-state index in [0.29, 0.717) is 12.6 Å². The van der Waals surface area contributed by atoms with Crippen molar-refractivity contribution in [2.24, 2.45) is 11.1 Å². The zero-order chi connectivity index (χ0) is 18.0. The third kappa shape index (κ3) is 4.41. The van der Waals surface area contributed by atoms with E-state index in [-0.39, 0.29) is 17.4 Å². The maximum atomic E-state index is 11.1. The number of hydrogen-bond acceptors (Lipinski definition) is 4. The van der Waals surface area contributed by atoms with Crippen molar-refractivity contribution in [2.45, 2.75) is 45.7 Å². The molecule has 0 bridgehead atoms. The average Bonchev–Trinajstić information content (AvgIpc) is 2.95. The standard InChI is InChI=1S/C20H29N3O2/c1-20(2,3)19(17-12-14-6-4-5-7-16(14)25-17)22-15-8-10-23(11-9-15)13-18(21)24/h4-7,12,15,19,22H,8-11,13H2,1-3H3,(H2,21,24)/t19-/m1/s1. The third-order valence-electron chi connectivity index (χ3n) is 4.96. The van der Waals surface area contributed by atoms with Crippen molar-refractivity contribution in [3.63, 3.8) is 0 Å². The molecule has 0 saturated carbocycles. The van der Waals surface area contributed by atoms with Crippen molar-refractivity contribution < 1.29 is 9.21 Å². The molecule has 3 N–H and O–H groups in total. The van der Waals surface area contributed by atoms with Crippen LogP contribution >= 0.6 is 0 Å². The zero-order valence-electron chi connectivity index (χ0n) is 15.4. The van der Waals surface area contributed by atoms with Crippen LogP contribution in [-0.4, -0.2) is 36.5 Å². The van der Waals surface area contributed by atoms with Crippen molar-refractivity contribution in [1.29, 1.82) is 0 Å². The van der Waals surface area contributed by atoms with Crippen molar-refractivity contribution in [2.75, 3.05) is 19.6 Å². The summed E-state index contributed by atoms with van der Waals surface area (Å²) in [5.41, 5.74) is 6.27. The second kappa shape index (κ2) is 7.18. The lowest BCUT2D eigenvalue weighted by molar-refractivity contribution is -0.119. The van der Waals surface area contributed by atoms with Crippen LogP contribution < -0.4 is 11.1 Å². The minimum absolute atomic E-state index is 0.0399. The van der Waals surface area contributed by atoms with Crippen LogP contribution in [-0.2, 0) is 4.79 Å². The molecular formula is C20H29N3O2. The Bertz CT molecular complexity index is 691. The maximum absolute atomic E-state index is 11.1. The highest BCUT2D eigenvalue weighted by molar-refractivity contribution is 5.77. The van der Waals surface area contributed by atoms with Gasteiger partial charge in [-0.3, -0.25) is 9.69 Å². The number of para-hydroxylation sites is 1. The van der Waals surface area contributed by atoms with Gasteiger partial charge in [0.2, 0.25) is 5.91 Å². The Hall–Kier alpha value is -1.85. The van der Waals surface area contributed by atoms with Gasteiger partial charge in [0.15, 0.2) is 0 Å². The Labute approximate surface area is 149 Å². The van der Waals surface area contributed by atoms with Gasteiger partial charge in [-0.15, -0.1) is 0 Å². The van der Waals surface area contributed by atoms with E-state index in [4.69, 9.17) is 10.2 Å². The molecule has 5 nitrogen and oxygen atoms in total. The monoisotopic (exact) mass is 343 g/mol. The van der Waals surface area contributed by atoms with Gasteiger partial charge in [-0.05, 0) is 30.4 Å². The summed E-state index contributed by atoms with van der Waals surface area (Å²) in [6.07, 6.45) is 2.03. The Balaban J connectivity index is 1.71. The van der Waals surface area contributed by atoms with Gasteiger partial charge >= 0.3 is 0 Å². The molecule has 2 aromatic rings. The molecule has 0 radical (unpaired) electrons. The van der Waals surface area contributed by atoms with Gasteiger partial charge in [0.25, 0.3) is 0 Å². The fourth-order valence-corrected chi connectivity index (χ4v) is 3.62. The number of fused-ring (bicyclic) bond motifs is 1. The number of rotatable bonds is 5. The molecule has 1 saturated heterocycles. The van der Waals surface area contributed by atoms with Gasteiger partial charge in [0, 0.05) is 24.5 Å². The fourth-order valence-electron chi connectivity index (χ4n) is 3.62. The molecule has 1 atom stereocenters. The minimum Gasteiger partial charge on any atom is -0.459 e. The van der Waals surface area contributed by atoms with E-state index in [1.165, 1.54) is 0 Å². The number of carbonyl (C=O) groups is 1. The highest BCUT2D eigenvalue weighted by atomic mass is 16.3. The first-order valence-corrected chi connectivity index (χ1v) is 9.08. The Morgan fingerprint density at radius 1 is 1.32 bits per heavy atom. The van der Waals surface area contributed by atoms with Gasteiger partial charge in [0.1, 0.15) is 11.3 Å². The molecule has 0 aliphatic carbocycles. The van der Waals surface area contributed by atoms with Crippen molar-refractivity contribution in [3.05, 3.63) is 36.1 Å². The molecule has 1 fully saturated rings. The smallest absolute Gasteiger partial charge is 0.231 e. The number of likely N-dealkylation sites (tertiary alicyclic amines) is 1. The number of hydrogen-bond donors (Lipinski definition) is 2. The highest BCUT2D eigenvalue weighted by Crippen LogP contribution is 2.36. The van der Waals surface area contributed by atoms with E-state index in [2.05, 4.69) is 43.1 Å². The summed E-state index contributed by atoms with van der Waals surface area (Å²) in [4.78, 5) is 13.2. The molecule has 1 amide bonds.